The van der Waals surface area contributed by atoms with Gasteiger partial charge in [0.25, 0.3) is 10.0 Å². The average molecular weight is 685 g/mol. The Morgan fingerprint density at radius 2 is 1.66 bits per heavy atom. The molecule has 0 aliphatic carbocycles. The van der Waals surface area contributed by atoms with Crippen LogP contribution in [0.5, 0.6) is 11.5 Å². The van der Waals surface area contributed by atoms with Crippen LogP contribution in [0.4, 0.5) is 17.1 Å². The monoisotopic (exact) mass is 684 g/mol. The molecule has 1 amide bonds. The van der Waals surface area contributed by atoms with Crippen molar-refractivity contribution in [3.63, 3.8) is 0 Å². The number of para-hydroxylation sites is 1. The molecule has 1 saturated heterocycles. The van der Waals surface area contributed by atoms with Crippen molar-refractivity contribution in [2.75, 3.05) is 74.7 Å². The van der Waals surface area contributed by atoms with Gasteiger partial charge in [0.2, 0.25) is 15.9 Å². The average Bonchev–Trinajstić information content (AvgIpc) is 3.53. The van der Waals surface area contributed by atoms with E-state index in [4.69, 9.17) is 14.2 Å². The highest BCUT2D eigenvalue weighted by Gasteiger charge is 2.34. The number of anilines is 3. The minimum atomic E-state index is -4.07. The van der Waals surface area contributed by atoms with Crippen LogP contribution in [0.3, 0.4) is 0 Å². The molecule has 2 heterocycles. The number of morpholine rings is 1. The SMILES string of the molecule is CCN(CC)S(=O)(=O)c1ccc(N2CCOCC2)c(NC(=O)C=Cc2cc(OC)c(OC)c(S(=O)(=O)N3CCc4ccccc43)c2)c1. The molecular weight excluding hydrogens is 645 g/mol. The fourth-order valence-corrected chi connectivity index (χ4v) is 9.02. The summed E-state index contributed by atoms with van der Waals surface area (Å²) in [6, 6.07) is 15.1. The third kappa shape index (κ3) is 6.96. The van der Waals surface area contributed by atoms with E-state index in [2.05, 4.69) is 5.32 Å². The Morgan fingerprint density at radius 3 is 2.34 bits per heavy atom. The highest BCUT2D eigenvalue weighted by molar-refractivity contribution is 7.93. The minimum absolute atomic E-state index is 0.0554. The Kier molecular flexibility index (Phi) is 10.4. The lowest BCUT2D eigenvalue weighted by Crippen LogP contribution is -2.37. The highest BCUT2D eigenvalue weighted by Crippen LogP contribution is 2.41. The molecule has 0 aromatic heterocycles. The highest BCUT2D eigenvalue weighted by atomic mass is 32.2. The Bertz CT molecular complexity index is 1870. The lowest BCUT2D eigenvalue weighted by molar-refractivity contribution is -0.111. The maximum atomic E-state index is 14.0. The first-order valence-corrected chi connectivity index (χ1v) is 18.3. The van der Waals surface area contributed by atoms with Gasteiger partial charge < -0.3 is 24.4 Å². The number of ether oxygens (including phenoxy) is 3. The summed E-state index contributed by atoms with van der Waals surface area (Å²) >= 11 is 0. The van der Waals surface area contributed by atoms with E-state index in [1.807, 2.05) is 17.0 Å². The Balaban J connectivity index is 1.48. The number of methoxy groups -OCH3 is 2. The van der Waals surface area contributed by atoms with Crippen LogP contribution in [0.15, 0.2) is 70.5 Å². The Morgan fingerprint density at radius 1 is 0.936 bits per heavy atom. The van der Waals surface area contributed by atoms with E-state index in [9.17, 15) is 21.6 Å². The van der Waals surface area contributed by atoms with Gasteiger partial charge in [-0.1, -0.05) is 32.0 Å². The van der Waals surface area contributed by atoms with E-state index >= 15 is 0 Å². The van der Waals surface area contributed by atoms with E-state index in [0.29, 0.717) is 68.4 Å². The van der Waals surface area contributed by atoms with Crippen molar-refractivity contribution in [3.05, 3.63) is 71.8 Å². The van der Waals surface area contributed by atoms with Crippen LogP contribution in [-0.4, -0.2) is 87.2 Å². The summed E-state index contributed by atoms with van der Waals surface area (Å²) in [5.41, 5.74) is 2.92. The van der Waals surface area contributed by atoms with Crippen LogP contribution in [-0.2, 0) is 36.0 Å². The summed E-state index contributed by atoms with van der Waals surface area (Å²) in [4.78, 5) is 15.3. The lowest BCUT2D eigenvalue weighted by Gasteiger charge is -2.31. The zero-order valence-electron chi connectivity index (χ0n) is 26.9. The normalized spacial score (nSPS) is 15.3. The number of nitrogens with zero attached hydrogens (tertiary/aromatic N) is 3. The molecule has 2 aliphatic heterocycles. The van der Waals surface area contributed by atoms with E-state index in [1.165, 1.54) is 47.1 Å². The van der Waals surface area contributed by atoms with Crippen molar-refractivity contribution in [1.29, 1.82) is 0 Å². The quantitative estimate of drug-likeness (QED) is 0.281. The second kappa shape index (κ2) is 14.3. The number of carbonyl (C=O) groups excluding carboxylic acids is 1. The van der Waals surface area contributed by atoms with Crippen LogP contribution in [0.25, 0.3) is 6.08 Å². The number of nitrogens with one attached hydrogen (secondary N) is 1. The molecule has 12 nitrogen and oxygen atoms in total. The molecule has 252 valence electrons. The van der Waals surface area contributed by atoms with Crippen molar-refractivity contribution in [1.82, 2.24) is 4.31 Å². The van der Waals surface area contributed by atoms with Gasteiger partial charge in [0.15, 0.2) is 11.5 Å². The summed E-state index contributed by atoms with van der Waals surface area (Å²) in [5, 5.41) is 2.84. The molecule has 2 aliphatic rings. The fraction of sp³-hybridized carbons (Fsp3) is 0.364. The molecule has 14 heteroatoms. The molecule has 3 aromatic carbocycles. The number of hydrogen-bond donors (Lipinski definition) is 1. The third-order valence-electron chi connectivity index (χ3n) is 8.23. The number of hydrogen-bond acceptors (Lipinski definition) is 9. The van der Waals surface area contributed by atoms with Crippen molar-refractivity contribution in [2.24, 2.45) is 0 Å². The summed E-state index contributed by atoms with van der Waals surface area (Å²) in [6.07, 6.45) is 3.31. The molecule has 0 saturated carbocycles. The van der Waals surface area contributed by atoms with Gasteiger partial charge in [-0.05, 0) is 60.0 Å². The fourth-order valence-electron chi connectivity index (χ4n) is 5.83. The van der Waals surface area contributed by atoms with Gasteiger partial charge in [-0.2, -0.15) is 4.31 Å². The molecule has 0 radical (unpaired) electrons. The molecule has 1 N–H and O–H groups in total. The lowest BCUT2D eigenvalue weighted by atomic mass is 10.1. The molecule has 1 fully saturated rings. The van der Waals surface area contributed by atoms with Gasteiger partial charge in [0.1, 0.15) is 4.90 Å². The van der Waals surface area contributed by atoms with Crippen molar-refractivity contribution < 1.29 is 35.8 Å². The van der Waals surface area contributed by atoms with Gasteiger partial charge in [0.05, 0.1) is 49.4 Å². The maximum Gasteiger partial charge on any atom is 0.268 e. The summed E-state index contributed by atoms with van der Waals surface area (Å²) < 4.78 is 73.8. The number of benzene rings is 3. The van der Waals surface area contributed by atoms with Gasteiger partial charge in [-0.3, -0.25) is 9.10 Å². The van der Waals surface area contributed by atoms with Crippen LogP contribution in [0.1, 0.15) is 25.0 Å². The van der Waals surface area contributed by atoms with Gasteiger partial charge in [-0.25, -0.2) is 16.8 Å². The van der Waals surface area contributed by atoms with E-state index in [1.54, 1.807) is 44.2 Å². The van der Waals surface area contributed by atoms with E-state index in [-0.39, 0.29) is 27.8 Å². The van der Waals surface area contributed by atoms with E-state index < -0.39 is 26.0 Å². The topological polar surface area (TPSA) is 135 Å². The molecule has 47 heavy (non-hydrogen) atoms. The zero-order valence-corrected chi connectivity index (χ0v) is 28.6. The molecule has 3 aromatic rings. The zero-order chi connectivity index (χ0) is 33.8. The van der Waals surface area contributed by atoms with Crippen LogP contribution < -0.4 is 24.0 Å². The first kappa shape index (κ1) is 34.2. The Labute approximate surface area is 276 Å². The number of fused-ring (bicyclic) bond motifs is 1. The second-order valence-corrected chi connectivity index (χ2v) is 14.7. The van der Waals surface area contributed by atoms with Crippen molar-refractivity contribution in [3.8, 4) is 11.5 Å². The molecule has 0 bridgehead atoms. The molecule has 0 unspecified atom stereocenters. The summed E-state index contributed by atoms with van der Waals surface area (Å²) in [7, 11) is -5.07. The van der Waals surface area contributed by atoms with Crippen molar-refractivity contribution in [2.45, 2.75) is 30.1 Å². The number of amides is 1. The summed E-state index contributed by atoms with van der Waals surface area (Å²) in [6.45, 7) is 6.59. The standard InChI is InChI=1S/C33H40N4O8S2/c1-5-36(6-2)46(39,40)26-12-13-29(35-17-19-45-20-18-35)27(23-26)34-32(38)14-11-24-21-30(43-3)33(44-4)31(22-24)47(41,42)37-16-15-25-9-7-8-10-28(25)37/h7-14,21-23H,5-6,15-20H2,1-4H3,(H,34,38). The second-order valence-electron chi connectivity index (χ2n) is 10.9. The first-order valence-electron chi connectivity index (χ1n) is 15.4. The number of carbonyl (C=O) groups is 1. The van der Waals surface area contributed by atoms with Crippen LogP contribution in [0, 0.1) is 0 Å². The first-order chi connectivity index (χ1) is 22.5. The van der Waals surface area contributed by atoms with Gasteiger partial charge in [-0.15, -0.1) is 0 Å². The smallest absolute Gasteiger partial charge is 0.268 e. The third-order valence-corrected chi connectivity index (χ3v) is 12.1. The maximum absolute atomic E-state index is 14.0. The molecule has 0 atom stereocenters. The summed E-state index contributed by atoms with van der Waals surface area (Å²) in [5.74, 6) is -0.297. The Hall–Kier alpha value is -4.11. The van der Waals surface area contributed by atoms with E-state index in [0.717, 1.165) is 5.56 Å². The van der Waals surface area contributed by atoms with Gasteiger partial charge in [0, 0.05) is 38.8 Å². The van der Waals surface area contributed by atoms with Gasteiger partial charge >= 0.3 is 0 Å². The molecule has 0 spiro atoms. The van der Waals surface area contributed by atoms with Crippen molar-refractivity contribution >= 4 is 49.1 Å². The molecule has 5 rings (SSSR count). The number of rotatable bonds is 12. The minimum Gasteiger partial charge on any atom is -0.493 e. The predicted molar refractivity (Wildman–Crippen MR) is 181 cm³/mol. The number of sulfonamides is 2. The van der Waals surface area contributed by atoms with Crippen LogP contribution in [0.2, 0.25) is 0 Å². The molecular formula is C33H40N4O8S2. The largest absolute Gasteiger partial charge is 0.493 e. The predicted octanol–water partition coefficient (Wildman–Crippen LogP) is 3.97. The van der Waals surface area contributed by atoms with Crippen LogP contribution >= 0.6 is 0 Å².